The van der Waals surface area contributed by atoms with Gasteiger partial charge in [-0.3, -0.25) is 0 Å². The van der Waals surface area contributed by atoms with E-state index in [1.807, 2.05) is 13.8 Å². The molecule has 0 aromatic heterocycles. The fourth-order valence-corrected chi connectivity index (χ4v) is 3.20. The average molecular weight is 534 g/mol. The van der Waals surface area contributed by atoms with Crippen LogP contribution in [0.3, 0.4) is 0 Å². The molecule has 0 bridgehead atoms. The van der Waals surface area contributed by atoms with Gasteiger partial charge in [-0.05, 0) is 29.0 Å². The largest absolute Gasteiger partial charge is 0.227 e. The summed E-state index contributed by atoms with van der Waals surface area (Å²) < 4.78 is -7.86. The van der Waals surface area contributed by atoms with Gasteiger partial charge in [0.1, 0.15) is 0 Å². The van der Waals surface area contributed by atoms with Gasteiger partial charge < -0.3 is 0 Å². The van der Waals surface area contributed by atoms with Crippen molar-refractivity contribution in [3.05, 3.63) is 41.3 Å². The number of hydrogen-bond acceptors (Lipinski definition) is 0. The van der Waals surface area contributed by atoms with Crippen molar-refractivity contribution < 1.29 is 0 Å². The van der Waals surface area contributed by atoms with Crippen LogP contribution in [0.5, 0.6) is 0 Å². The van der Waals surface area contributed by atoms with Crippen LogP contribution in [0.4, 0.5) is 0 Å². The maximum absolute atomic E-state index is 6.33. The van der Waals surface area contributed by atoms with Crippen LogP contribution < -0.4 is 0 Å². The minimum absolute atomic E-state index is 0.0453. The van der Waals surface area contributed by atoms with E-state index in [1.165, 1.54) is 0 Å². The molecule has 0 aliphatic heterocycles. The van der Waals surface area contributed by atoms with Crippen molar-refractivity contribution in [1.29, 1.82) is 0 Å². The topological polar surface area (TPSA) is 0 Å². The molecular formula is C14H11Cl10. The molecular weight excluding hydrogens is 523 g/mol. The van der Waals surface area contributed by atoms with Crippen molar-refractivity contribution in [2.45, 2.75) is 30.1 Å². The maximum Gasteiger partial charge on any atom is 0.227 e. The number of rotatable bonds is 4. The molecule has 1 rings (SSSR count). The van der Waals surface area contributed by atoms with Gasteiger partial charge >= 0.3 is 0 Å². The molecule has 24 heavy (non-hydrogen) atoms. The molecule has 1 aromatic carbocycles. The molecule has 0 N–H and O–H groups in total. The molecule has 0 nitrogen and oxygen atoms in total. The van der Waals surface area contributed by atoms with E-state index in [4.69, 9.17) is 116 Å². The first kappa shape index (κ1) is 24.2. The minimum Gasteiger partial charge on any atom is -0.0915 e. The van der Waals surface area contributed by atoms with E-state index >= 15 is 0 Å². The lowest BCUT2D eigenvalue weighted by atomic mass is 9.90. The van der Waals surface area contributed by atoms with Crippen molar-refractivity contribution in [2.75, 3.05) is 0 Å². The fourth-order valence-electron chi connectivity index (χ4n) is 1.93. The van der Waals surface area contributed by atoms with Crippen LogP contribution in [-0.4, -0.2) is 7.59 Å². The number of benzene rings is 1. The van der Waals surface area contributed by atoms with E-state index in [0.29, 0.717) is 5.56 Å². The zero-order valence-electron chi connectivity index (χ0n) is 12.2. The highest BCUT2D eigenvalue weighted by Crippen LogP contribution is 2.58. The van der Waals surface area contributed by atoms with Gasteiger partial charge in [0, 0.05) is 0 Å². The predicted octanol–water partition coefficient (Wildman–Crippen LogP) is 8.90. The van der Waals surface area contributed by atoms with Crippen LogP contribution in [0.15, 0.2) is 18.2 Å². The van der Waals surface area contributed by atoms with Gasteiger partial charge in [0.15, 0.2) is 8.67 Å². The Morgan fingerprint density at radius 1 is 0.708 bits per heavy atom. The predicted molar refractivity (Wildman–Crippen MR) is 112 cm³/mol. The van der Waals surface area contributed by atoms with Crippen molar-refractivity contribution in [3.63, 3.8) is 0 Å². The van der Waals surface area contributed by atoms with Crippen LogP contribution in [0.25, 0.3) is 0 Å². The molecule has 0 fully saturated rings. The molecule has 0 spiro atoms. The van der Waals surface area contributed by atoms with Gasteiger partial charge in [-0.15, -0.1) is 0 Å². The lowest BCUT2D eigenvalue weighted by Gasteiger charge is -2.35. The summed E-state index contributed by atoms with van der Waals surface area (Å²) in [4.78, 5) is 0. The Bertz CT molecular complexity index is 536. The quantitative estimate of drug-likeness (QED) is 0.339. The van der Waals surface area contributed by atoms with Crippen molar-refractivity contribution in [3.8, 4) is 0 Å². The fraction of sp³-hybridized carbons (Fsp3) is 0.500. The lowest BCUT2D eigenvalue weighted by Crippen LogP contribution is -2.33. The van der Waals surface area contributed by atoms with E-state index in [-0.39, 0.29) is 17.0 Å². The Labute approximate surface area is 191 Å². The SMILES string of the molecule is CC(C)[CH]c1c(C(Cl)(Cl)C(Cl)(Cl)Cl)cccc1C(Cl)(Cl)C(Cl)(Cl)Cl. The third-order valence-corrected chi connectivity index (χ3v) is 7.80. The highest BCUT2D eigenvalue weighted by molar-refractivity contribution is 6.76. The summed E-state index contributed by atoms with van der Waals surface area (Å²) in [5.41, 5.74) is 0.981. The summed E-state index contributed by atoms with van der Waals surface area (Å²) in [6.07, 6.45) is 1.79. The number of halogens is 10. The second kappa shape index (κ2) is 8.24. The molecule has 0 heterocycles. The molecule has 0 saturated carbocycles. The molecule has 0 atom stereocenters. The Morgan fingerprint density at radius 2 is 1.04 bits per heavy atom. The highest BCUT2D eigenvalue weighted by atomic mass is 35.6. The van der Waals surface area contributed by atoms with Crippen LogP contribution in [0.1, 0.15) is 30.5 Å². The molecule has 1 aromatic rings. The molecule has 0 amide bonds. The zero-order valence-corrected chi connectivity index (χ0v) is 19.7. The summed E-state index contributed by atoms with van der Waals surface area (Å²) in [5, 5.41) is 0. The Hall–Kier alpha value is 2.12. The third kappa shape index (κ3) is 5.13. The Morgan fingerprint density at radius 3 is 1.29 bits per heavy atom. The van der Waals surface area contributed by atoms with Crippen LogP contribution in [-0.2, 0) is 8.67 Å². The minimum atomic E-state index is -2.03. The maximum atomic E-state index is 6.33. The summed E-state index contributed by atoms with van der Waals surface area (Å²) >= 11 is 60.9. The summed E-state index contributed by atoms with van der Waals surface area (Å²) in [6.45, 7) is 3.83. The number of hydrogen-bond donors (Lipinski definition) is 0. The smallest absolute Gasteiger partial charge is 0.0915 e. The van der Waals surface area contributed by atoms with E-state index < -0.39 is 16.3 Å². The Balaban J connectivity index is 3.74. The molecule has 0 aliphatic carbocycles. The first-order valence-corrected chi connectivity index (χ1v) is 10.2. The van der Waals surface area contributed by atoms with E-state index in [9.17, 15) is 0 Å². The van der Waals surface area contributed by atoms with E-state index in [2.05, 4.69) is 0 Å². The van der Waals surface area contributed by atoms with Crippen molar-refractivity contribution in [2.24, 2.45) is 5.92 Å². The summed E-state index contributed by atoms with van der Waals surface area (Å²) in [5.74, 6) is 0.0453. The highest BCUT2D eigenvalue weighted by Gasteiger charge is 2.52. The molecule has 0 saturated heterocycles. The van der Waals surface area contributed by atoms with Crippen LogP contribution >= 0.6 is 116 Å². The molecule has 0 unspecified atom stereocenters. The average Bonchev–Trinajstić information content (AvgIpc) is 2.35. The van der Waals surface area contributed by atoms with Gasteiger partial charge in [-0.25, -0.2) is 0 Å². The first-order chi connectivity index (χ1) is 10.5. The van der Waals surface area contributed by atoms with Crippen molar-refractivity contribution >= 4 is 116 Å². The molecule has 137 valence electrons. The first-order valence-electron chi connectivity index (χ1n) is 6.41. The summed E-state index contributed by atoms with van der Waals surface area (Å²) in [7, 11) is 0. The molecule has 0 aliphatic rings. The van der Waals surface area contributed by atoms with Gasteiger partial charge in [0.05, 0.1) is 0 Å². The van der Waals surface area contributed by atoms with Gasteiger partial charge in [-0.1, -0.05) is 148 Å². The van der Waals surface area contributed by atoms with Crippen molar-refractivity contribution in [1.82, 2.24) is 0 Å². The van der Waals surface area contributed by atoms with Gasteiger partial charge in [0.25, 0.3) is 0 Å². The number of alkyl halides is 10. The zero-order chi connectivity index (χ0) is 19.1. The van der Waals surface area contributed by atoms with Gasteiger partial charge in [0.2, 0.25) is 7.59 Å². The Kier molecular flexibility index (Phi) is 8.29. The summed E-state index contributed by atoms with van der Waals surface area (Å²) in [6, 6.07) is 4.75. The third-order valence-electron chi connectivity index (χ3n) is 2.99. The second-order valence-electron chi connectivity index (χ2n) is 5.32. The second-order valence-corrected chi connectivity index (χ2v) is 12.5. The molecule has 10 heteroatoms. The van der Waals surface area contributed by atoms with E-state index in [1.54, 1.807) is 24.6 Å². The van der Waals surface area contributed by atoms with E-state index in [0.717, 1.165) is 0 Å². The van der Waals surface area contributed by atoms with Crippen LogP contribution in [0.2, 0.25) is 0 Å². The lowest BCUT2D eigenvalue weighted by molar-refractivity contribution is 0.748. The van der Waals surface area contributed by atoms with Crippen LogP contribution in [0, 0.1) is 12.3 Å². The monoisotopic (exact) mass is 529 g/mol. The molecule has 1 radical (unpaired) electrons. The normalized spacial score (nSPS) is 14.4. The van der Waals surface area contributed by atoms with Gasteiger partial charge in [-0.2, -0.15) is 0 Å². The standard InChI is InChI=1S/C14H11Cl10/c1-7(2)6-8-9(11(15,16)13(19,20)21)4-3-5-10(8)12(17,18)14(22,23)24/h3-7H,1-2H3.